The molecule has 0 bridgehead atoms. The van der Waals surface area contributed by atoms with E-state index in [9.17, 15) is 0 Å². The van der Waals surface area contributed by atoms with E-state index in [2.05, 4.69) is 36.0 Å². The Hall–Kier alpha value is -1.17. The molecule has 90 valence electrons. The Bertz CT molecular complexity index is 534. The van der Waals surface area contributed by atoms with Gasteiger partial charge in [-0.1, -0.05) is 15.9 Å². The molecule has 1 fully saturated rings. The lowest BCUT2D eigenvalue weighted by molar-refractivity contribution is 0.813. The second-order valence-electron chi connectivity index (χ2n) is 4.31. The van der Waals surface area contributed by atoms with Gasteiger partial charge in [-0.15, -0.1) is 10.2 Å². The van der Waals surface area contributed by atoms with Crippen molar-refractivity contribution in [2.45, 2.75) is 25.8 Å². The molecule has 0 amide bonds. The summed E-state index contributed by atoms with van der Waals surface area (Å²) in [6, 6.07) is 0.628. The van der Waals surface area contributed by atoms with Gasteiger partial charge in [0.15, 0.2) is 5.82 Å². The van der Waals surface area contributed by atoms with Crippen molar-refractivity contribution in [3.8, 4) is 0 Å². The Labute approximate surface area is 108 Å². The van der Waals surface area contributed by atoms with Gasteiger partial charge in [0, 0.05) is 30.3 Å². The lowest BCUT2D eigenvalue weighted by Gasteiger charge is -2.22. The van der Waals surface area contributed by atoms with E-state index in [1.807, 2.05) is 23.7 Å². The fourth-order valence-electron chi connectivity index (χ4n) is 2.07. The quantitative estimate of drug-likeness (QED) is 0.807. The van der Waals surface area contributed by atoms with Crippen LogP contribution in [0.4, 0.5) is 5.82 Å². The Morgan fingerprint density at radius 2 is 2.29 bits per heavy atom. The molecule has 1 saturated carbocycles. The number of halogens is 1. The van der Waals surface area contributed by atoms with Crippen molar-refractivity contribution in [2.75, 3.05) is 16.8 Å². The summed E-state index contributed by atoms with van der Waals surface area (Å²) >= 11 is 3.50. The van der Waals surface area contributed by atoms with E-state index >= 15 is 0 Å². The molecule has 1 aliphatic carbocycles. The van der Waals surface area contributed by atoms with Gasteiger partial charge < -0.3 is 4.90 Å². The van der Waals surface area contributed by atoms with E-state index in [0.717, 1.165) is 29.2 Å². The summed E-state index contributed by atoms with van der Waals surface area (Å²) in [6.45, 7) is 2.92. The first kappa shape index (κ1) is 11.0. The SMILES string of the molecule is Cc1nnc2c(N(CCBr)C3CC3)nccn12. The maximum absolute atomic E-state index is 4.48. The van der Waals surface area contributed by atoms with Crippen molar-refractivity contribution in [1.29, 1.82) is 0 Å². The zero-order valence-electron chi connectivity index (χ0n) is 9.67. The number of aryl methyl sites for hydroxylation is 1. The van der Waals surface area contributed by atoms with Crippen LogP contribution in [0.15, 0.2) is 12.4 Å². The number of alkyl halides is 1. The number of hydrogen-bond donors (Lipinski definition) is 0. The highest BCUT2D eigenvalue weighted by atomic mass is 79.9. The lowest BCUT2D eigenvalue weighted by atomic mass is 10.4. The van der Waals surface area contributed by atoms with E-state index in [0.29, 0.717) is 6.04 Å². The van der Waals surface area contributed by atoms with Gasteiger partial charge in [-0.2, -0.15) is 0 Å². The highest BCUT2D eigenvalue weighted by Gasteiger charge is 2.31. The number of hydrogen-bond acceptors (Lipinski definition) is 4. The average Bonchev–Trinajstić information content (AvgIpc) is 3.11. The average molecular weight is 296 g/mol. The molecule has 0 aromatic carbocycles. The monoisotopic (exact) mass is 295 g/mol. The molecular weight excluding hydrogens is 282 g/mol. The molecule has 0 unspecified atom stereocenters. The van der Waals surface area contributed by atoms with Gasteiger partial charge in [-0.25, -0.2) is 4.98 Å². The van der Waals surface area contributed by atoms with Crippen LogP contribution in [0.2, 0.25) is 0 Å². The molecule has 0 aliphatic heterocycles. The number of anilines is 1. The van der Waals surface area contributed by atoms with Crippen LogP contribution in [-0.2, 0) is 0 Å². The van der Waals surface area contributed by atoms with Crippen LogP contribution in [0.1, 0.15) is 18.7 Å². The summed E-state index contributed by atoms with van der Waals surface area (Å²) in [4.78, 5) is 6.81. The van der Waals surface area contributed by atoms with Crippen molar-refractivity contribution in [3.05, 3.63) is 18.2 Å². The van der Waals surface area contributed by atoms with Gasteiger partial charge in [0.25, 0.3) is 0 Å². The third-order valence-corrected chi connectivity index (χ3v) is 3.42. The molecule has 0 atom stereocenters. The predicted molar refractivity (Wildman–Crippen MR) is 69.7 cm³/mol. The second-order valence-corrected chi connectivity index (χ2v) is 5.10. The van der Waals surface area contributed by atoms with Gasteiger partial charge in [-0.05, 0) is 19.8 Å². The molecule has 2 aromatic rings. The Morgan fingerprint density at radius 1 is 1.47 bits per heavy atom. The van der Waals surface area contributed by atoms with Crippen LogP contribution in [0, 0.1) is 6.92 Å². The van der Waals surface area contributed by atoms with Crippen LogP contribution in [0.25, 0.3) is 5.65 Å². The van der Waals surface area contributed by atoms with Crippen molar-refractivity contribution in [1.82, 2.24) is 19.6 Å². The van der Waals surface area contributed by atoms with Crippen LogP contribution in [0.3, 0.4) is 0 Å². The standard InChI is InChI=1S/C11H14BrN5/c1-8-14-15-11-10(13-5-7-16(8)11)17(6-4-12)9-2-3-9/h5,7,9H,2-4,6H2,1H3. The Morgan fingerprint density at radius 3 is 3.00 bits per heavy atom. The third-order valence-electron chi connectivity index (χ3n) is 3.06. The van der Waals surface area contributed by atoms with Crippen molar-refractivity contribution in [3.63, 3.8) is 0 Å². The second kappa shape index (κ2) is 4.25. The van der Waals surface area contributed by atoms with E-state index in [1.165, 1.54) is 12.8 Å². The molecule has 6 heteroatoms. The largest absolute Gasteiger partial charge is 0.350 e. The van der Waals surface area contributed by atoms with E-state index in [4.69, 9.17) is 0 Å². The number of aromatic nitrogens is 4. The molecule has 0 radical (unpaired) electrons. The number of nitrogens with zero attached hydrogens (tertiary/aromatic N) is 5. The zero-order chi connectivity index (χ0) is 11.8. The summed E-state index contributed by atoms with van der Waals surface area (Å²) in [5.41, 5.74) is 0.859. The molecule has 3 rings (SSSR count). The van der Waals surface area contributed by atoms with Crippen molar-refractivity contribution >= 4 is 27.4 Å². The van der Waals surface area contributed by atoms with Crippen LogP contribution in [0.5, 0.6) is 0 Å². The van der Waals surface area contributed by atoms with E-state index < -0.39 is 0 Å². The van der Waals surface area contributed by atoms with E-state index in [1.54, 1.807) is 0 Å². The van der Waals surface area contributed by atoms with Gasteiger partial charge in [0.1, 0.15) is 5.82 Å². The first-order valence-electron chi connectivity index (χ1n) is 5.80. The summed E-state index contributed by atoms with van der Waals surface area (Å²) in [5.74, 6) is 1.85. The molecule has 0 spiro atoms. The molecule has 0 N–H and O–H groups in total. The van der Waals surface area contributed by atoms with Gasteiger partial charge in [0.05, 0.1) is 0 Å². The van der Waals surface area contributed by atoms with Crippen molar-refractivity contribution < 1.29 is 0 Å². The minimum atomic E-state index is 0.628. The maximum atomic E-state index is 4.48. The fourth-order valence-corrected chi connectivity index (χ4v) is 2.45. The predicted octanol–water partition coefficient (Wildman–Crippen LogP) is 1.80. The molecule has 2 heterocycles. The van der Waals surface area contributed by atoms with Crippen LogP contribution < -0.4 is 4.90 Å². The summed E-state index contributed by atoms with van der Waals surface area (Å²) in [7, 11) is 0. The smallest absolute Gasteiger partial charge is 0.203 e. The van der Waals surface area contributed by atoms with Crippen molar-refractivity contribution in [2.24, 2.45) is 0 Å². The minimum absolute atomic E-state index is 0.628. The number of fused-ring (bicyclic) bond motifs is 1. The topological polar surface area (TPSA) is 46.3 Å². The lowest BCUT2D eigenvalue weighted by Crippen LogP contribution is -2.29. The first-order valence-corrected chi connectivity index (χ1v) is 6.92. The highest BCUT2D eigenvalue weighted by Crippen LogP contribution is 2.32. The molecule has 5 nitrogen and oxygen atoms in total. The fraction of sp³-hybridized carbons (Fsp3) is 0.545. The van der Waals surface area contributed by atoms with Crippen LogP contribution >= 0.6 is 15.9 Å². The summed E-state index contributed by atoms with van der Waals surface area (Å²) in [6.07, 6.45) is 6.24. The summed E-state index contributed by atoms with van der Waals surface area (Å²) in [5, 5.41) is 9.28. The highest BCUT2D eigenvalue weighted by molar-refractivity contribution is 9.09. The minimum Gasteiger partial charge on any atom is -0.350 e. The molecule has 0 saturated heterocycles. The molecule has 2 aromatic heterocycles. The van der Waals surface area contributed by atoms with E-state index in [-0.39, 0.29) is 0 Å². The number of rotatable bonds is 4. The maximum Gasteiger partial charge on any atom is 0.203 e. The molecular formula is C11H14BrN5. The van der Waals surface area contributed by atoms with Gasteiger partial charge in [-0.3, -0.25) is 4.40 Å². The Kier molecular flexibility index (Phi) is 2.74. The Balaban J connectivity index is 2.08. The first-order chi connectivity index (χ1) is 8.31. The normalized spacial score (nSPS) is 15.4. The third kappa shape index (κ3) is 1.90. The molecule has 1 aliphatic rings. The summed E-state index contributed by atoms with van der Waals surface area (Å²) < 4.78 is 1.99. The van der Waals surface area contributed by atoms with Gasteiger partial charge >= 0.3 is 0 Å². The zero-order valence-corrected chi connectivity index (χ0v) is 11.3. The molecule has 17 heavy (non-hydrogen) atoms. The van der Waals surface area contributed by atoms with Crippen LogP contribution in [-0.4, -0.2) is 37.5 Å². The van der Waals surface area contributed by atoms with Gasteiger partial charge in [0.2, 0.25) is 5.65 Å².